The maximum atomic E-state index is 11.7. The highest BCUT2D eigenvalue weighted by Crippen LogP contribution is 2.30. The number of rotatable bonds is 2. The molecular weight excluding hydrogens is 224 g/mol. The molecule has 96 valence electrons. The molecule has 3 unspecified atom stereocenters. The van der Waals surface area contributed by atoms with Crippen molar-refractivity contribution in [3.05, 3.63) is 35.9 Å². The molecule has 1 heterocycles. The van der Waals surface area contributed by atoms with Crippen molar-refractivity contribution in [1.29, 1.82) is 0 Å². The molecule has 1 aromatic carbocycles. The number of amides is 2. The second kappa shape index (κ2) is 5.01. The van der Waals surface area contributed by atoms with Crippen LogP contribution < -0.4 is 10.6 Å². The molecule has 0 spiro atoms. The predicted molar refractivity (Wildman–Crippen MR) is 71.3 cm³/mol. The average molecular weight is 244 g/mol. The van der Waals surface area contributed by atoms with Crippen LogP contribution in [0.5, 0.6) is 0 Å². The molecule has 2 N–H and O–H groups in total. The molecule has 1 aliphatic carbocycles. The van der Waals surface area contributed by atoms with E-state index in [-0.39, 0.29) is 6.03 Å². The molecule has 3 nitrogen and oxygen atoms in total. The van der Waals surface area contributed by atoms with Gasteiger partial charge in [-0.3, -0.25) is 0 Å². The Morgan fingerprint density at radius 2 is 1.83 bits per heavy atom. The van der Waals surface area contributed by atoms with Crippen LogP contribution in [0.15, 0.2) is 30.3 Å². The lowest BCUT2D eigenvalue weighted by atomic mass is 9.77. The Bertz CT molecular complexity index is 418. The van der Waals surface area contributed by atoms with Gasteiger partial charge < -0.3 is 10.6 Å². The molecule has 3 atom stereocenters. The Labute approximate surface area is 108 Å². The van der Waals surface area contributed by atoms with Crippen molar-refractivity contribution >= 4 is 6.03 Å². The van der Waals surface area contributed by atoms with Crippen molar-refractivity contribution in [2.45, 2.75) is 44.2 Å². The van der Waals surface area contributed by atoms with Crippen molar-refractivity contribution < 1.29 is 4.79 Å². The van der Waals surface area contributed by atoms with Gasteiger partial charge in [0.1, 0.15) is 0 Å². The van der Waals surface area contributed by atoms with Crippen LogP contribution >= 0.6 is 0 Å². The van der Waals surface area contributed by atoms with Crippen LogP contribution in [0.1, 0.15) is 31.2 Å². The molecule has 1 saturated carbocycles. The number of carbonyl (C=O) groups is 1. The molecule has 0 radical (unpaired) electrons. The molecule has 3 rings (SSSR count). The predicted octanol–water partition coefficient (Wildman–Crippen LogP) is 2.47. The maximum absolute atomic E-state index is 11.7. The van der Waals surface area contributed by atoms with Crippen molar-refractivity contribution in [1.82, 2.24) is 10.6 Å². The van der Waals surface area contributed by atoms with Gasteiger partial charge in [-0.05, 0) is 30.7 Å². The maximum Gasteiger partial charge on any atom is 0.315 e. The molecule has 2 fully saturated rings. The van der Waals surface area contributed by atoms with Gasteiger partial charge in [-0.1, -0.05) is 43.2 Å². The number of hydrogen-bond donors (Lipinski definition) is 2. The number of hydrogen-bond acceptors (Lipinski definition) is 1. The largest absolute Gasteiger partial charge is 0.335 e. The SMILES string of the molecule is O=C1NC2CCCCC2C(Cc2ccccc2)N1. The molecule has 18 heavy (non-hydrogen) atoms. The van der Waals surface area contributed by atoms with Crippen LogP contribution in [0, 0.1) is 5.92 Å². The Morgan fingerprint density at radius 1 is 1.06 bits per heavy atom. The van der Waals surface area contributed by atoms with Gasteiger partial charge in [0.25, 0.3) is 0 Å². The summed E-state index contributed by atoms with van der Waals surface area (Å²) in [6, 6.07) is 11.2. The molecule has 1 saturated heterocycles. The van der Waals surface area contributed by atoms with E-state index in [4.69, 9.17) is 0 Å². The van der Waals surface area contributed by atoms with Gasteiger partial charge in [0.15, 0.2) is 0 Å². The first kappa shape index (κ1) is 11.6. The van der Waals surface area contributed by atoms with Crippen molar-refractivity contribution in [2.75, 3.05) is 0 Å². The van der Waals surface area contributed by atoms with Gasteiger partial charge in [-0.15, -0.1) is 0 Å². The fourth-order valence-corrected chi connectivity index (χ4v) is 3.38. The first-order chi connectivity index (χ1) is 8.83. The van der Waals surface area contributed by atoms with E-state index in [1.54, 1.807) is 0 Å². The second-order valence-corrected chi connectivity index (χ2v) is 5.47. The van der Waals surface area contributed by atoms with Crippen molar-refractivity contribution in [2.24, 2.45) is 5.92 Å². The first-order valence-electron chi connectivity index (χ1n) is 6.94. The minimum Gasteiger partial charge on any atom is -0.335 e. The third-order valence-electron chi connectivity index (χ3n) is 4.27. The van der Waals surface area contributed by atoms with E-state index in [0.717, 1.165) is 12.8 Å². The van der Waals surface area contributed by atoms with Gasteiger partial charge in [-0.2, -0.15) is 0 Å². The first-order valence-corrected chi connectivity index (χ1v) is 6.94. The van der Waals surface area contributed by atoms with Gasteiger partial charge >= 0.3 is 6.03 Å². The highest BCUT2D eigenvalue weighted by Gasteiger charge is 2.37. The number of urea groups is 1. The minimum absolute atomic E-state index is 0.0130. The zero-order valence-electron chi connectivity index (χ0n) is 10.6. The average Bonchev–Trinajstić information content (AvgIpc) is 2.40. The van der Waals surface area contributed by atoms with E-state index in [1.165, 1.54) is 24.8 Å². The third-order valence-corrected chi connectivity index (χ3v) is 4.27. The lowest BCUT2D eigenvalue weighted by molar-refractivity contribution is 0.161. The summed E-state index contributed by atoms with van der Waals surface area (Å²) in [5.74, 6) is 0.594. The molecule has 0 bridgehead atoms. The van der Waals surface area contributed by atoms with Crippen LogP contribution in [-0.4, -0.2) is 18.1 Å². The monoisotopic (exact) mass is 244 g/mol. The zero-order chi connectivity index (χ0) is 12.4. The fraction of sp³-hybridized carbons (Fsp3) is 0.533. The Hall–Kier alpha value is -1.51. The second-order valence-electron chi connectivity index (χ2n) is 5.47. The van der Waals surface area contributed by atoms with Gasteiger partial charge in [0, 0.05) is 12.1 Å². The topological polar surface area (TPSA) is 41.1 Å². The molecule has 2 aliphatic rings. The fourth-order valence-electron chi connectivity index (χ4n) is 3.38. The summed E-state index contributed by atoms with van der Waals surface area (Å²) in [5.41, 5.74) is 1.31. The van der Waals surface area contributed by atoms with Crippen molar-refractivity contribution in [3.63, 3.8) is 0 Å². The molecular formula is C15H20N2O. The molecule has 2 amide bonds. The normalized spacial score (nSPS) is 31.1. The Morgan fingerprint density at radius 3 is 2.67 bits per heavy atom. The highest BCUT2D eigenvalue weighted by molar-refractivity contribution is 5.75. The van der Waals surface area contributed by atoms with E-state index in [0.29, 0.717) is 18.0 Å². The molecule has 3 heteroatoms. The number of fused-ring (bicyclic) bond motifs is 1. The van der Waals surface area contributed by atoms with Crippen LogP contribution in [0.25, 0.3) is 0 Å². The number of nitrogens with one attached hydrogen (secondary N) is 2. The number of carbonyl (C=O) groups excluding carboxylic acids is 1. The summed E-state index contributed by atoms with van der Waals surface area (Å²) in [7, 11) is 0. The summed E-state index contributed by atoms with van der Waals surface area (Å²) in [6.07, 6.45) is 5.87. The van der Waals surface area contributed by atoms with E-state index in [9.17, 15) is 4.79 Å². The molecule has 1 aromatic rings. The van der Waals surface area contributed by atoms with Gasteiger partial charge in [0.05, 0.1) is 0 Å². The van der Waals surface area contributed by atoms with Crippen LogP contribution in [-0.2, 0) is 6.42 Å². The lowest BCUT2D eigenvalue weighted by Crippen LogP contribution is -2.61. The van der Waals surface area contributed by atoms with Crippen LogP contribution in [0.3, 0.4) is 0 Å². The van der Waals surface area contributed by atoms with E-state index >= 15 is 0 Å². The standard InChI is InChI=1S/C15H20N2O/c18-15-16-13-9-5-4-8-12(13)14(17-15)10-11-6-2-1-3-7-11/h1-3,6-7,12-14H,4-5,8-10H2,(H2,16,17,18). The van der Waals surface area contributed by atoms with E-state index < -0.39 is 0 Å². The highest BCUT2D eigenvalue weighted by atomic mass is 16.2. The summed E-state index contributed by atoms with van der Waals surface area (Å²) >= 11 is 0. The molecule has 1 aliphatic heterocycles. The van der Waals surface area contributed by atoms with E-state index in [2.05, 4.69) is 34.9 Å². The summed E-state index contributed by atoms with van der Waals surface area (Å²) in [6.45, 7) is 0. The summed E-state index contributed by atoms with van der Waals surface area (Å²) in [4.78, 5) is 11.7. The quantitative estimate of drug-likeness (QED) is 0.824. The summed E-state index contributed by atoms with van der Waals surface area (Å²) < 4.78 is 0. The van der Waals surface area contributed by atoms with Crippen molar-refractivity contribution in [3.8, 4) is 0 Å². The number of benzene rings is 1. The van der Waals surface area contributed by atoms with Gasteiger partial charge in [0.2, 0.25) is 0 Å². The lowest BCUT2D eigenvalue weighted by Gasteiger charge is -2.42. The van der Waals surface area contributed by atoms with Gasteiger partial charge in [-0.25, -0.2) is 4.79 Å². The third kappa shape index (κ3) is 2.35. The zero-order valence-corrected chi connectivity index (χ0v) is 10.6. The van der Waals surface area contributed by atoms with E-state index in [1.807, 2.05) is 6.07 Å². The van der Waals surface area contributed by atoms with Crippen LogP contribution in [0.4, 0.5) is 4.79 Å². The molecule has 0 aromatic heterocycles. The smallest absolute Gasteiger partial charge is 0.315 e. The van der Waals surface area contributed by atoms with Crippen LogP contribution in [0.2, 0.25) is 0 Å². The Kier molecular flexibility index (Phi) is 3.22. The Balaban J connectivity index is 1.74. The summed E-state index contributed by atoms with van der Waals surface area (Å²) in [5, 5.41) is 6.20. The minimum atomic E-state index is 0.0130.